The number of ketones is 1. The molecule has 0 saturated carbocycles. The summed E-state index contributed by atoms with van der Waals surface area (Å²) in [6, 6.07) is 17.8. The van der Waals surface area contributed by atoms with Gasteiger partial charge in [0.05, 0.1) is 18.5 Å². The number of aliphatic hydroxyl groups excluding tert-OH is 1. The van der Waals surface area contributed by atoms with E-state index < -0.39 is 0 Å². The van der Waals surface area contributed by atoms with Gasteiger partial charge in [-0.1, -0.05) is 23.4 Å². The molecule has 2 aromatic heterocycles. The van der Waals surface area contributed by atoms with Crippen molar-refractivity contribution in [2.45, 2.75) is 32.9 Å². The maximum atomic E-state index is 12.5. The van der Waals surface area contributed by atoms with Crippen LogP contribution in [0.2, 0.25) is 0 Å². The maximum Gasteiger partial charge on any atom is 0.162 e. The van der Waals surface area contributed by atoms with E-state index in [0.717, 1.165) is 18.7 Å². The van der Waals surface area contributed by atoms with Crippen molar-refractivity contribution in [2.75, 3.05) is 0 Å². The van der Waals surface area contributed by atoms with E-state index in [4.69, 9.17) is 5.11 Å². The zero-order chi connectivity index (χ0) is 19.5. The van der Waals surface area contributed by atoms with Crippen LogP contribution in [0.1, 0.15) is 34.6 Å². The monoisotopic (exact) mass is 374 g/mol. The third-order valence-electron chi connectivity index (χ3n) is 4.96. The molecule has 6 nitrogen and oxygen atoms in total. The molecule has 0 aliphatic heterocycles. The number of aromatic nitrogens is 4. The van der Waals surface area contributed by atoms with Crippen molar-refractivity contribution in [1.29, 1.82) is 0 Å². The van der Waals surface area contributed by atoms with Crippen molar-refractivity contribution >= 4 is 16.7 Å². The third kappa shape index (κ3) is 3.59. The Kier molecular flexibility index (Phi) is 5.04. The van der Waals surface area contributed by atoms with Gasteiger partial charge in [-0.3, -0.25) is 4.79 Å². The lowest BCUT2D eigenvalue weighted by molar-refractivity contribution is 0.0978. The van der Waals surface area contributed by atoms with Crippen molar-refractivity contribution in [3.63, 3.8) is 0 Å². The molecule has 4 rings (SSSR count). The summed E-state index contributed by atoms with van der Waals surface area (Å²) in [5.41, 5.74) is 4.44. The number of aryl methyl sites for hydroxylation is 2. The average Bonchev–Trinajstić information content (AvgIpc) is 3.32. The summed E-state index contributed by atoms with van der Waals surface area (Å²) in [7, 11) is 0. The van der Waals surface area contributed by atoms with Gasteiger partial charge in [-0.2, -0.15) is 0 Å². The van der Waals surface area contributed by atoms with E-state index in [2.05, 4.69) is 40.0 Å². The number of Topliss-reactive ketones (excluding diaryl/α,β-unsaturated/α-hetero) is 1. The predicted octanol–water partition coefficient (Wildman–Crippen LogP) is 3.69. The zero-order valence-corrected chi connectivity index (χ0v) is 15.7. The summed E-state index contributed by atoms with van der Waals surface area (Å²) < 4.78 is 3.86. The second-order valence-corrected chi connectivity index (χ2v) is 6.88. The first-order valence-electron chi connectivity index (χ1n) is 9.36. The Bertz CT molecular complexity index is 1110. The van der Waals surface area contributed by atoms with Crippen LogP contribution >= 0.6 is 0 Å². The first kappa shape index (κ1) is 18.1. The molecule has 0 aliphatic carbocycles. The molecule has 0 radical (unpaired) electrons. The molecule has 142 valence electrons. The summed E-state index contributed by atoms with van der Waals surface area (Å²) in [5, 5.41) is 18.1. The quantitative estimate of drug-likeness (QED) is 0.501. The minimum atomic E-state index is -0.146. The second kappa shape index (κ2) is 7.78. The van der Waals surface area contributed by atoms with Crippen LogP contribution in [0.5, 0.6) is 0 Å². The SMILES string of the molecule is Cc1cc2ccccc2n1CCCC(=O)c1ccc(-n2cc(CO)nn2)cc1. The van der Waals surface area contributed by atoms with E-state index in [0.29, 0.717) is 17.7 Å². The van der Waals surface area contributed by atoms with Crippen LogP contribution in [0.15, 0.2) is 60.8 Å². The number of hydrogen-bond donors (Lipinski definition) is 1. The van der Waals surface area contributed by atoms with Gasteiger partial charge in [0, 0.05) is 29.7 Å². The van der Waals surface area contributed by atoms with Crippen LogP contribution in [0, 0.1) is 6.92 Å². The van der Waals surface area contributed by atoms with Crippen LogP contribution < -0.4 is 0 Å². The van der Waals surface area contributed by atoms with Gasteiger partial charge in [0.15, 0.2) is 5.78 Å². The molecule has 0 atom stereocenters. The molecule has 6 heteroatoms. The van der Waals surface area contributed by atoms with E-state index in [1.54, 1.807) is 10.9 Å². The molecule has 0 spiro atoms. The number of rotatable bonds is 7. The molecule has 0 aliphatic rings. The minimum Gasteiger partial charge on any atom is -0.390 e. The number of carbonyl (C=O) groups is 1. The van der Waals surface area contributed by atoms with Crippen molar-refractivity contribution in [3.8, 4) is 5.69 Å². The molecular formula is C22H22N4O2. The molecule has 0 bridgehead atoms. The summed E-state index contributed by atoms with van der Waals surface area (Å²) in [6.45, 7) is 2.78. The van der Waals surface area contributed by atoms with Gasteiger partial charge in [0.25, 0.3) is 0 Å². The average molecular weight is 374 g/mol. The zero-order valence-electron chi connectivity index (χ0n) is 15.7. The molecule has 4 aromatic rings. The highest BCUT2D eigenvalue weighted by molar-refractivity contribution is 5.96. The lowest BCUT2D eigenvalue weighted by Crippen LogP contribution is -2.05. The molecule has 0 amide bonds. The number of benzene rings is 2. The van der Waals surface area contributed by atoms with Gasteiger partial charge >= 0.3 is 0 Å². The molecule has 0 unspecified atom stereocenters. The third-order valence-corrected chi connectivity index (χ3v) is 4.96. The summed E-state index contributed by atoms with van der Waals surface area (Å²) >= 11 is 0. The Morgan fingerprint density at radius 3 is 2.64 bits per heavy atom. The van der Waals surface area contributed by atoms with E-state index in [-0.39, 0.29) is 12.4 Å². The normalized spacial score (nSPS) is 11.2. The van der Waals surface area contributed by atoms with Crippen molar-refractivity contribution in [1.82, 2.24) is 19.6 Å². The molecule has 2 aromatic carbocycles. The standard InChI is InChI=1S/C22H22N4O2/c1-16-13-18-5-2-3-6-21(18)25(16)12-4-7-22(28)17-8-10-20(11-9-17)26-14-19(15-27)23-24-26/h2-3,5-6,8-11,13-14,27H,4,7,12,15H2,1H3. The molecule has 0 saturated heterocycles. The van der Waals surface area contributed by atoms with Crippen molar-refractivity contribution < 1.29 is 9.90 Å². The summed E-state index contributed by atoms with van der Waals surface area (Å²) in [4.78, 5) is 12.5. The van der Waals surface area contributed by atoms with Gasteiger partial charge in [0.2, 0.25) is 0 Å². The van der Waals surface area contributed by atoms with Crippen LogP contribution in [0.4, 0.5) is 0 Å². The second-order valence-electron chi connectivity index (χ2n) is 6.88. The maximum absolute atomic E-state index is 12.5. The van der Waals surface area contributed by atoms with Crippen molar-refractivity contribution in [2.24, 2.45) is 0 Å². The van der Waals surface area contributed by atoms with Crippen LogP contribution in [0.3, 0.4) is 0 Å². The topological polar surface area (TPSA) is 72.9 Å². The molecule has 1 N–H and O–H groups in total. The Morgan fingerprint density at radius 1 is 1.11 bits per heavy atom. The number of carbonyl (C=O) groups excluding carboxylic acids is 1. The summed E-state index contributed by atoms with van der Waals surface area (Å²) in [6.07, 6.45) is 2.97. The highest BCUT2D eigenvalue weighted by atomic mass is 16.3. The number of para-hydroxylation sites is 1. The van der Waals surface area contributed by atoms with Crippen LogP contribution in [-0.4, -0.2) is 30.5 Å². The largest absolute Gasteiger partial charge is 0.390 e. The molecular weight excluding hydrogens is 352 g/mol. The van der Waals surface area contributed by atoms with Gasteiger partial charge < -0.3 is 9.67 Å². The van der Waals surface area contributed by atoms with Crippen molar-refractivity contribution in [3.05, 3.63) is 77.7 Å². The van der Waals surface area contributed by atoms with E-state index in [9.17, 15) is 4.79 Å². The van der Waals surface area contributed by atoms with Gasteiger partial charge in [-0.05, 0) is 55.1 Å². The summed E-state index contributed by atoms with van der Waals surface area (Å²) in [5.74, 6) is 0.135. The number of aliphatic hydroxyl groups is 1. The number of fused-ring (bicyclic) bond motifs is 1. The Morgan fingerprint density at radius 2 is 1.89 bits per heavy atom. The number of nitrogens with zero attached hydrogens (tertiary/aromatic N) is 4. The molecule has 28 heavy (non-hydrogen) atoms. The fraction of sp³-hybridized carbons (Fsp3) is 0.227. The van der Waals surface area contributed by atoms with E-state index in [1.807, 2.05) is 36.4 Å². The predicted molar refractivity (Wildman–Crippen MR) is 108 cm³/mol. The smallest absolute Gasteiger partial charge is 0.162 e. The highest BCUT2D eigenvalue weighted by Crippen LogP contribution is 2.20. The van der Waals surface area contributed by atoms with E-state index >= 15 is 0 Å². The van der Waals surface area contributed by atoms with Gasteiger partial charge in [-0.25, -0.2) is 4.68 Å². The lowest BCUT2D eigenvalue weighted by atomic mass is 10.1. The Labute approximate surface area is 163 Å². The molecule has 0 fully saturated rings. The Balaban J connectivity index is 1.39. The lowest BCUT2D eigenvalue weighted by Gasteiger charge is -2.08. The van der Waals surface area contributed by atoms with Gasteiger partial charge in [0.1, 0.15) is 5.69 Å². The first-order valence-corrected chi connectivity index (χ1v) is 9.36. The fourth-order valence-corrected chi connectivity index (χ4v) is 3.48. The molecule has 2 heterocycles. The number of hydrogen-bond acceptors (Lipinski definition) is 4. The van der Waals surface area contributed by atoms with Gasteiger partial charge in [-0.15, -0.1) is 5.10 Å². The Hall–Kier alpha value is -3.25. The fourth-order valence-electron chi connectivity index (χ4n) is 3.48. The first-order chi connectivity index (χ1) is 13.7. The highest BCUT2D eigenvalue weighted by Gasteiger charge is 2.09. The van der Waals surface area contributed by atoms with E-state index in [1.165, 1.54) is 16.6 Å². The van der Waals surface area contributed by atoms with Crippen LogP contribution in [0.25, 0.3) is 16.6 Å². The minimum absolute atomic E-state index is 0.135. The van der Waals surface area contributed by atoms with Crippen LogP contribution in [-0.2, 0) is 13.2 Å².